The number of nitrogens with one attached hydrogen (secondary N) is 1. The molecule has 37 heavy (non-hydrogen) atoms. The van der Waals surface area contributed by atoms with Crippen molar-refractivity contribution in [2.24, 2.45) is 0 Å². The molecule has 0 amide bonds. The number of H-pyrrole nitrogens is 1. The maximum absolute atomic E-state index is 14.0. The Morgan fingerprint density at radius 1 is 0.595 bits per heavy atom. The number of anilines is 3. The lowest BCUT2D eigenvalue weighted by molar-refractivity contribution is -0.137. The lowest BCUT2D eigenvalue weighted by Crippen LogP contribution is -2.17. The van der Waals surface area contributed by atoms with Crippen molar-refractivity contribution in [1.29, 1.82) is 0 Å². The first-order valence-corrected chi connectivity index (χ1v) is 12.8. The summed E-state index contributed by atoms with van der Waals surface area (Å²) in [5.41, 5.74) is 4.93. The molecular weight excluding hydrogens is 584 g/mol. The molecule has 182 valence electrons. The van der Waals surface area contributed by atoms with Crippen LogP contribution in [0.2, 0.25) is 0 Å². The molecule has 1 aromatic heterocycles. The zero-order valence-electron chi connectivity index (χ0n) is 19.4. The number of benzene rings is 5. The first kappa shape index (κ1) is 23.6. The van der Waals surface area contributed by atoms with E-state index in [2.05, 4.69) is 57.9 Å². The molecule has 0 aliphatic heterocycles. The van der Waals surface area contributed by atoms with E-state index < -0.39 is 11.7 Å². The molecule has 1 heterocycles. The molecule has 5 aromatic carbocycles. The predicted octanol–water partition coefficient (Wildman–Crippen LogP) is 10.1. The van der Waals surface area contributed by atoms with Crippen LogP contribution in [0.1, 0.15) is 5.56 Å². The minimum absolute atomic E-state index is 0.0899. The number of aromatic amines is 1. The lowest BCUT2D eigenvalue weighted by atomic mass is 10.0. The van der Waals surface area contributed by atoms with Crippen LogP contribution in [0.3, 0.4) is 0 Å². The summed E-state index contributed by atoms with van der Waals surface area (Å²) in [5, 5.41) is 2.29. The van der Waals surface area contributed by atoms with Gasteiger partial charge in [0.2, 0.25) is 0 Å². The highest BCUT2D eigenvalue weighted by molar-refractivity contribution is 14.1. The van der Waals surface area contributed by atoms with E-state index >= 15 is 0 Å². The SMILES string of the molecule is FC(F)(F)c1ccccc1N(c1ccc(-c2ccc3[nH]c4ccccc4c3c2)cc1)c1ccccc1I. The number of hydrogen-bond acceptors (Lipinski definition) is 1. The van der Waals surface area contributed by atoms with Crippen LogP contribution in [0.5, 0.6) is 0 Å². The summed E-state index contributed by atoms with van der Waals surface area (Å²) in [6.07, 6.45) is -4.48. The Morgan fingerprint density at radius 3 is 1.97 bits per heavy atom. The van der Waals surface area contributed by atoms with Crippen LogP contribution in [0, 0.1) is 3.57 Å². The molecule has 0 atom stereocenters. The van der Waals surface area contributed by atoms with Crippen molar-refractivity contribution >= 4 is 61.5 Å². The van der Waals surface area contributed by atoms with E-state index in [9.17, 15) is 13.2 Å². The minimum Gasteiger partial charge on any atom is -0.355 e. The summed E-state index contributed by atoms with van der Waals surface area (Å²) in [6.45, 7) is 0. The minimum atomic E-state index is -4.48. The molecule has 0 fully saturated rings. The summed E-state index contributed by atoms with van der Waals surface area (Å²) < 4.78 is 42.9. The number of nitrogens with zero attached hydrogens (tertiary/aromatic N) is 1. The highest BCUT2D eigenvalue weighted by Crippen LogP contribution is 2.44. The van der Waals surface area contributed by atoms with E-state index in [1.165, 1.54) is 12.1 Å². The van der Waals surface area contributed by atoms with E-state index in [4.69, 9.17) is 0 Å². The molecule has 6 rings (SSSR count). The van der Waals surface area contributed by atoms with Gasteiger partial charge in [0.05, 0.1) is 16.9 Å². The third-order valence-electron chi connectivity index (χ3n) is 6.51. The third kappa shape index (κ3) is 4.35. The van der Waals surface area contributed by atoms with Crippen molar-refractivity contribution in [2.75, 3.05) is 4.90 Å². The number of alkyl halides is 3. The normalized spacial score (nSPS) is 11.8. The number of para-hydroxylation sites is 3. The van der Waals surface area contributed by atoms with Crippen molar-refractivity contribution < 1.29 is 13.2 Å². The molecule has 0 radical (unpaired) electrons. The van der Waals surface area contributed by atoms with Crippen molar-refractivity contribution in [1.82, 2.24) is 4.98 Å². The summed E-state index contributed by atoms with van der Waals surface area (Å²) in [4.78, 5) is 5.12. The lowest BCUT2D eigenvalue weighted by Gasteiger charge is -2.29. The van der Waals surface area contributed by atoms with Crippen LogP contribution in [-0.4, -0.2) is 4.98 Å². The molecule has 0 unspecified atom stereocenters. The van der Waals surface area contributed by atoms with Crippen LogP contribution in [-0.2, 0) is 6.18 Å². The molecule has 0 saturated heterocycles. The molecule has 6 aromatic rings. The van der Waals surface area contributed by atoms with Gasteiger partial charge in [0.1, 0.15) is 0 Å². The zero-order valence-corrected chi connectivity index (χ0v) is 21.6. The molecule has 6 heteroatoms. The topological polar surface area (TPSA) is 19.0 Å². The Kier molecular flexibility index (Phi) is 5.91. The number of hydrogen-bond donors (Lipinski definition) is 1. The predicted molar refractivity (Wildman–Crippen MR) is 154 cm³/mol. The van der Waals surface area contributed by atoms with E-state index in [0.717, 1.165) is 42.6 Å². The van der Waals surface area contributed by atoms with Gasteiger partial charge in [-0.05, 0) is 88.3 Å². The fourth-order valence-electron chi connectivity index (χ4n) is 4.78. The second-order valence-electron chi connectivity index (χ2n) is 8.78. The fourth-order valence-corrected chi connectivity index (χ4v) is 5.41. The fraction of sp³-hybridized carbons (Fsp3) is 0.0323. The van der Waals surface area contributed by atoms with Gasteiger partial charge in [0.25, 0.3) is 0 Å². The third-order valence-corrected chi connectivity index (χ3v) is 7.42. The van der Waals surface area contributed by atoms with Gasteiger partial charge in [-0.25, -0.2) is 0 Å². The average Bonchev–Trinajstić information content (AvgIpc) is 3.28. The zero-order chi connectivity index (χ0) is 25.6. The number of fused-ring (bicyclic) bond motifs is 3. The van der Waals surface area contributed by atoms with Crippen LogP contribution in [0.25, 0.3) is 32.9 Å². The smallest absolute Gasteiger partial charge is 0.355 e. The number of halogens is 4. The molecule has 0 bridgehead atoms. The van der Waals surface area contributed by atoms with E-state index in [0.29, 0.717) is 11.4 Å². The maximum Gasteiger partial charge on any atom is 0.418 e. The average molecular weight is 604 g/mol. The van der Waals surface area contributed by atoms with Gasteiger partial charge in [-0.15, -0.1) is 0 Å². The first-order chi connectivity index (χ1) is 17.9. The Morgan fingerprint density at radius 2 is 1.22 bits per heavy atom. The number of rotatable bonds is 4. The second kappa shape index (κ2) is 9.27. The van der Waals surface area contributed by atoms with E-state index in [1.807, 2.05) is 60.7 Å². The summed E-state index contributed by atoms with van der Waals surface area (Å²) >= 11 is 2.17. The molecular formula is C31H20F3IN2. The quantitative estimate of drug-likeness (QED) is 0.199. The molecule has 0 saturated carbocycles. The summed E-state index contributed by atoms with van der Waals surface area (Å²) in [7, 11) is 0. The Labute approximate surface area is 225 Å². The van der Waals surface area contributed by atoms with Gasteiger partial charge in [-0.2, -0.15) is 13.2 Å². The van der Waals surface area contributed by atoms with Gasteiger partial charge in [-0.3, -0.25) is 0 Å². The van der Waals surface area contributed by atoms with Gasteiger partial charge in [0.15, 0.2) is 0 Å². The van der Waals surface area contributed by atoms with Crippen LogP contribution < -0.4 is 4.90 Å². The van der Waals surface area contributed by atoms with Gasteiger partial charge >= 0.3 is 6.18 Å². The standard InChI is InChI=1S/C31H20F3IN2/c32-31(33,34)25-8-2-5-11-29(25)37(30-12-6-3-9-26(30)35)22-16-13-20(14-17-22)21-15-18-28-24(19-21)23-7-1-4-10-27(23)36-28/h1-19,36H. The van der Waals surface area contributed by atoms with Gasteiger partial charge in [0, 0.05) is 31.1 Å². The number of aromatic nitrogens is 1. The summed E-state index contributed by atoms with van der Waals surface area (Å²) in [5.74, 6) is 0. The Bertz CT molecular complexity index is 1740. The van der Waals surface area contributed by atoms with E-state index in [1.54, 1.807) is 11.0 Å². The molecule has 0 aliphatic rings. The van der Waals surface area contributed by atoms with Crippen LogP contribution >= 0.6 is 22.6 Å². The first-order valence-electron chi connectivity index (χ1n) is 11.7. The van der Waals surface area contributed by atoms with Gasteiger partial charge in [-0.1, -0.05) is 60.7 Å². The van der Waals surface area contributed by atoms with Crippen LogP contribution in [0.15, 0.2) is 115 Å². The molecule has 0 spiro atoms. The van der Waals surface area contributed by atoms with Crippen molar-refractivity contribution in [2.45, 2.75) is 6.18 Å². The van der Waals surface area contributed by atoms with Crippen molar-refractivity contribution in [3.8, 4) is 11.1 Å². The molecule has 1 N–H and O–H groups in total. The second-order valence-corrected chi connectivity index (χ2v) is 9.94. The summed E-state index contributed by atoms with van der Waals surface area (Å²) in [6, 6.07) is 35.3. The molecule has 2 nitrogen and oxygen atoms in total. The highest BCUT2D eigenvalue weighted by Gasteiger charge is 2.35. The highest BCUT2D eigenvalue weighted by atomic mass is 127. The monoisotopic (exact) mass is 604 g/mol. The van der Waals surface area contributed by atoms with Crippen molar-refractivity contribution in [3.63, 3.8) is 0 Å². The van der Waals surface area contributed by atoms with Gasteiger partial charge < -0.3 is 9.88 Å². The van der Waals surface area contributed by atoms with E-state index in [-0.39, 0.29) is 5.69 Å². The van der Waals surface area contributed by atoms with Crippen molar-refractivity contribution in [3.05, 3.63) is 124 Å². The largest absolute Gasteiger partial charge is 0.418 e. The Hall–Kier alpha value is -3.78. The van der Waals surface area contributed by atoms with Crippen LogP contribution in [0.4, 0.5) is 30.2 Å². The Balaban J connectivity index is 1.46. The molecule has 0 aliphatic carbocycles. The maximum atomic E-state index is 14.0.